The molecule has 0 unspecified atom stereocenters. The van der Waals surface area contributed by atoms with Gasteiger partial charge in [0.25, 0.3) is 0 Å². The number of carbonyl (C=O) groups is 3. The molecule has 2 amide bonds. The van der Waals surface area contributed by atoms with Crippen molar-refractivity contribution in [2.75, 3.05) is 7.11 Å². The molecule has 2 N–H and O–H groups in total. The molecule has 30 heavy (non-hydrogen) atoms. The van der Waals surface area contributed by atoms with E-state index < -0.39 is 35.7 Å². The van der Waals surface area contributed by atoms with Gasteiger partial charge in [-0.15, -0.1) is 0 Å². The molecule has 0 aliphatic rings. The first kappa shape index (κ1) is 23.6. The Morgan fingerprint density at radius 3 is 2.10 bits per heavy atom. The molecular formula is C21H21Cl2FN2O4. The maximum absolute atomic E-state index is 13.1. The van der Waals surface area contributed by atoms with Crippen LogP contribution < -0.4 is 10.6 Å². The van der Waals surface area contributed by atoms with Gasteiger partial charge in [0.1, 0.15) is 17.9 Å². The highest BCUT2D eigenvalue weighted by Crippen LogP contribution is 2.25. The summed E-state index contributed by atoms with van der Waals surface area (Å²) in [4.78, 5) is 36.7. The summed E-state index contributed by atoms with van der Waals surface area (Å²) >= 11 is 12.3. The molecule has 0 aliphatic carbocycles. The van der Waals surface area contributed by atoms with E-state index in [0.29, 0.717) is 21.2 Å². The minimum atomic E-state index is -1.08. The summed E-state index contributed by atoms with van der Waals surface area (Å²) in [7, 11) is 1.19. The summed E-state index contributed by atoms with van der Waals surface area (Å²) < 4.78 is 17.9. The van der Waals surface area contributed by atoms with E-state index in [1.807, 2.05) is 0 Å². The molecule has 0 aromatic heterocycles. The maximum Gasteiger partial charge on any atom is 0.328 e. The van der Waals surface area contributed by atoms with Crippen LogP contribution in [0.15, 0.2) is 42.5 Å². The number of halogens is 3. The normalized spacial score (nSPS) is 12.6. The minimum absolute atomic E-state index is 0.000258. The Labute approximate surface area is 183 Å². The Morgan fingerprint density at radius 1 is 0.967 bits per heavy atom. The molecule has 6 nitrogen and oxygen atoms in total. The fraction of sp³-hybridized carbons (Fsp3) is 0.286. The van der Waals surface area contributed by atoms with Crippen molar-refractivity contribution in [3.8, 4) is 0 Å². The van der Waals surface area contributed by atoms with E-state index in [1.54, 1.807) is 18.2 Å². The van der Waals surface area contributed by atoms with Crippen LogP contribution in [0.1, 0.15) is 18.1 Å². The smallest absolute Gasteiger partial charge is 0.328 e. The lowest BCUT2D eigenvalue weighted by Crippen LogP contribution is -2.53. The zero-order chi connectivity index (χ0) is 22.3. The lowest BCUT2D eigenvalue weighted by molar-refractivity contribution is -0.145. The number of esters is 1. The van der Waals surface area contributed by atoms with E-state index in [-0.39, 0.29) is 12.8 Å². The molecule has 0 aliphatic heterocycles. The summed E-state index contributed by atoms with van der Waals surface area (Å²) in [6, 6.07) is 8.38. The molecule has 2 aromatic carbocycles. The van der Waals surface area contributed by atoms with Crippen molar-refractivity contribution in [3.05, 3.63) is 69.5 Å². The van der Waals surface area contributed by atoms with Crippen LogP contribution in [0, 0.1) is 5.82 Å². The number of hydrogen-bond donors (Lipinski definition) is 2. The van der Waals surface area contributed by atoms with Gasteiger partial charge in [0.05, 0.1) is 7.11 Å². The predicted molar refractivity (Wildman–Crippen MR) is 112 cm³/mol. The van der Waals surface area contributed by atoms with Crippen molar-refractivity contribution in [1.29, 1.82) is 0 Å². The number of carbonyl (C=O) groups excluding carboxylic acids is 3. The largest absolute Gasteiger partial charge is 0.467 e. The van der Waals surface area contributed by atoms with E-state index in [1.165, 1.54) is 38.3 Å². The Balaban J connectivity index is 2.22. The maximum atomic E-state index is 13.1. The van der Waals surface area contributed by atoms with E-state index >= 15 is 0 Å². The number of amides is 2. The van der Waals surface area contributed by atoms with Gasteiger partial charge >= 0.3 is 5.97 Å². The Morgan fingerprint density at radius 2 is 1.57 bits per heavy atom. The third kappa shape index (κ3) is 6.71. The zero-order valence-electron chi connectivity index (χ0n) is 16.4. The predicted octanol–water partition coefficient (Wildman–Crippen LogP) is 3.08. The van der Waals surface area contributed by atoms with Crippen molar-refractivity contribution in [1.82, 2.24) is 10.6 Å². The summed E-state index contributed by atoms with van der Waals surface area (Å²) in [5.74, 6) is -2.14. The van der Waals surface area contributed by atoms with Gasteiger partial charge in [-0.3, -0.25) is 9.59 Å². The highest BCUT2D eigenvalue weighted by Gasteiger charge is 2.28. The Kier molecular flexibility index (Phi) is 8.62. The number of rotatable bonds is 8. The average molecular weight is 455 g/mol. The fourth-order valence-electron chi connectivity index (χ4n) is 2.85. The van der Waals surface area contributed by atoms with Crippen LogP contribution in [-0.2, 0) is 32.0 Å². The van der Waals surface area contributed by atoms with Crippen molar-refractivity contribution in [3.63, 3.8) is 0 Å². The van der Waals surface area contributed by atoms with Crippen LogP contribution in [0.2, 0.25) is 10.0 Å². The molecule has 0 fully saturated rings. The highest BCUT2D eigenvalue weighted by molar-refractivity contribution is 6.36. The van der Waals surface area contributed by atoms with Gasteiger partial charge in [0, 0.05) is 29.8 Å². The third-order valence-corrected chi connectivity index (χ3v) is 5.03. The van der Waals surface area contributed by atoms with Gasteiger partial charge < -0.3 is 15.4 Å². The first-order valence-corrected chi connectivity index (χ1v) is 9.79. The second kappa shape index (κ2) is 10.9. The van der Waals surface area contributed by atoms with Crippen molar-refractivity contribution in [2.24, 2.45) is 0 Å². The quantitative estimate of drug-likeness (QED) is 0.600. The van der Waals surface area contributed by atoms with Crippen LogP contribution in [-0.4, -0.2) is 37.0 Å². The molecular weight excluding hydrogens is 434 g/mol. The van der Waals surface area contributed by atoms with Crippen LogP contribution in [0.5, 0.6) is 0 Å². The lowest BCUT2D eigenvalue weighted by Gasteiger charge is -2.22. The topological polar surface area (TPSA) is 84.5 Å². The van der Waals surface area contributed by atoms with E-state index in [4.69, 9.17) is 27.9 Å². The van der Waals surface area contributed by atoms with Gasteiger partial charge in [-0.2, -0.15) is 0 Å². The lowest BCUT2D eigenvalue weighted by atomic mass is 10.0. The average Bonchev–Trinajstić information content (AvgIpc) is 2.70. The van der Waals surface area contributed by atoms with Crippen molar-refractivity contribution in [2.45, 2.75) is 31.8 Å². The van der Waals surface area contributed by atoms with E-state index in [9.17, 15) is 18.8 Å². The van der Waals surface area contributed by atoms with E-state index in [0.717, 1.165) is 0 Å². The summed E-state index contributed by atoms with van der Waals surface area (Å²) in [6.45, 7) is 1.27. The molecule has 2 aromatic rings. The van der Waals surface area contributed by atoms with Gasteiger partial charge in [0.15, 0.2) is 0 Å². The van der Waals surface area contributed by atoms with Gasteiger partial charge in [-0.05, 0) is 35.4 Å². The molecule has 0 radical (unpaired) electrons. The summed E-state index contributed by atoms with van der Waals surface area (Å²) in [6.07, 6.45) is 0.104. The molecule has 0 saturated carbocycles. The SMILES string of the molecule is COC(=O)[C@@H](Cc1c(Cl)cccc1Cl)NC(=O)[C@@H](Cc1ccc(F)cc1)NC(C)=O. The molecule has 0 bridgehead atoms. The Hall–Kier alpha value is -2.64. The summed E-state index contributed by atoms with van der Waals surface area (Å²) in [5, 5.41) is 5.82. The molecule has 0 heterocycles. The standard InChI is InChI=1S/C21H21Cl2FN2O4/c1-12(27)25-18(10-13-6-8-14(24)9-7-13)20(28)26-19(21(29)30-2)11-15-16(22)4-3-5-17(15)23/h3-9,18-19H,10-11H2,1-2H3,(H,25,27)(H,26,28)/t18-,19-/m1/s1. The highest BCUT2D eigenvalue weighted by atomic mass is 35.5. The number of ether oxygens (including phenoxy) is 1. The van der Waals surface area contributed by atoms with Crippen LogP contribution in [0.25, 0.3) is 0 Å². The van der Waals surface area contributed by atoms with Gasteiger partial charge in [0.2, 0.25) is 11.8 Å². The molecule has 0 spiro atoms. The van der Waals surface area contributed by atoms with Gasteiger partial charge in [-0.25, -0.2) is 9.18 Å². The molecule has 9 heteroatoms. The number of hydrogen-bond acceptors (Lipinski definition) is 4. The summed E-state index contributed by atoms with van der Waals surface area (Å²) in [5.41, 5.74) is 1.11. The molecule has 2 rings (SSSR count). The minimum Gasteiger partial charge on any atom is -0.467 e. The Bertz CT molecular complexity index is 901. The first-order chi connectivity index (χ1) is 14.2. The van der Waals surface area contributed by atoms with Crippen molar-refractivity contribution >= 4 is 41.0 Å². The number of nitrogens with one attached hydrogen (secondary N) is 2. The van der Waals surface area contributed by atoms with Crippen LogP contribution in [0.3, 0.4) is 0 Å². The molecule has 2 atom stereocenters. The van der Waals surface area contributed by atoms with Crippen LogP contribution in [0.4, 0.5) is 4.39 Å². The first-order valence-electron chi connectivity index (χ1n) is 9.04. The fourth-order valence-corrected chi connectivity index (χ4v) is 3.40. The zero-order valence-corrected chi connectivity index (χ0v) is 17.9. The second-order valence-corrected chi connectivity index (χ2v) is 7.39. The number of methoxy groups -OCH3 is 1. The van der Waals surface area contributed by atoms with Crippen LogP contribution >= 0.6 is 23.2 Å². The van der Waals surface area contributed by atoms with Crippen molar-refractivity contribution < 1.29 is 23.5 Å². The van der Waals surface area contributed by atoms with E-state index in [2.05, 4.69) is 10.6 Å². The second-order valence-electron chi connectivity index (χ2n) is 6.57. The molecule has 0 saturated heterocycles. The molecule has 160 valence electrons. The van der Waals surface area contributed by atoms with Gasteiger partial charge in [-0.1, -0.05) is 41.4 Å². The third-order valence-electron chi connectivity index (χ3n) is 4.32. The monoisotopic (exact) mass is 454 g/mol. The number of benzene rings is 2.